The monoisotopic (exact) mass is 370 g/mol. The molecule has 2 heterocycles. The van der Waals surface area contributed by atoms with Gasteiger partial charge in [0.2, 0.25) is 0 Å². The average molecular weight is 371 g/mol. The van der Waals surface area contributed by atoms with Gasteiger partial charge in [0.25, 0.3) is 11.7 Å². The van der Waals surface area contributed by atoms with Gasteiger partial charge in [0.15, 0.2) is 5.76 Å². The fourth-order valence-corrected chi connectivity index (χ4v) is 2.35. The number of amides is 1. The second-order valence-electron chi connectivity index (χ2n) is 5.08. The van der Waals surface area contributed by atoms with Crippen LogP contribution in [0.25, 0.3) is 11.3 Å². The average Bonchev–Trinajstić information content (AvgIpc) is 3.24. The molecule has 0 saturated carbocycles. The molecule has 0 saturated heterocycles. The summed E-state index contributed by atoms with van der Waals surface area (Å²) in [6, 6.07) is 11.5. The first kappa shape index (κ1) is 20.0. The zero-order valence-electron chi connectivity index (χ0n) is 13.1. The van der Waals surface area contributed by atoms with Gasteiger partial charge in [-0.2, -0.15) is 0 Å². The Labute approximate surface area is 152 Å². The van der Waals surface area contributed by atoms with Crippen molar-refractivity contribution >= 4 is 11.7 Å². The zero-order chi connectivity index (χ0) is 15.4. The van der Waals surface area contributed by atoms with E-state index < -0.39 is 0 Å². The minimum absolute atomic E-state index is 0. The summed E-state index contributed by atoms with van der Waals surface area (Å²) in [6.07, 6.45) is 0. The third-order valence-corrected chi connectivity index (χ3v) is 3.48. The SMILES string of the molecule is [Cl-].[Cl-].[NH3+]CCNC(=O)c1ccc(-c2ccc(C3=[NH+]CCN3)cc2)o1. The lowest BCUT2D eigenvalue weighted by atomic mass is 10.1. The molecule has 8 heteroatoms. The number of furan rings is 1. The molecular weight excluding hydrogens is 351 g/mol. The summed E-state index contributed by atoms with van der Waals surface area (Å²) in [7, 11) is 0. The van der Waals surface area contributed by atoms with E-state index in [1.165, 1.54) is 0 Å². The molecular formula is C16H20Cl2N4O2. The van der Waals surface area contributed by atoms with E-state index in [1.54, 1.807) is 6.07 Å². The highest BCUT2D eigenvalue weighted by atomic mass is 35.5. The molecule has 0 radical (unpaired) electrons. The van der Waals surface area contributed by atoms with Crippen molar-refractivity contribution in [3.05, 3.63) is 47.7 Å². The molecule has 1 aliphatic rings. The van der Waals surface area contributed by atoms with Gasteiger partial charge in [-0.3, -0.25) is 15.1 Å². The number of carbonyl (C=O) groups is 1. The number of quaternary nitrogens is 1. The fourth-order valence-electron chi connectivity index (χ4n) is 2.35. The van der Waals surface area contributed by atoms with Crippen LogP contribution in [0.3, 0.4) is 0 Å². The van der Waals surface area contributed by atoms with Crippen molar-refractivity contribution in [2.45, 2.75) is 0 Å². The van der Waals surface area contributed by atoms with E-state index in [9.17, 15) is 4.79 Å². The predicted molar refractivity (Wildman–Crippen MR) is 82.2 cm³/mol. The van der Waals surface area contributed by atoms with Crippen LogP contribution in [-0.4, -0.2) is 37.9 Å². The number of rotatable bonds is 5. The van der Waals surface area contributed by atoms with Crippen LogP contribution < -0.4 is 46.2 Å². The van der Waals surface area contributed by atoms with Gasteiger partial charge in [0.05, 0.1) is 18.7 Å². The number of carbonyl (C=O) groups excluding carboxylic acids is 1. The third-order valence-electron chi connectivity index (χ3n) is 3.48. The first-order valence-electron chi connectivity index (χ1n) is 7.41. The van der Waals surface area contributed by atoms with Crippen molar-refractivity contribution in [3.63, 3.8) is 0 Å². The van der Waals surface area contributed by atoms with Crippen LogP contribution >= 0.6 is 0 Å². The highest BCUT2D eigenvalue weighted by molar-refractivity contribution is 5.95. The van der Waals surface area contributed by atoms with E-state index in [-0.39, 0.29) is 30.7 Å². The van der Waals surface area contributed by atoms with Gasteiger partial charge in [-0.25, -0.2) is 0 Å². The summed E-state index contributed by atoms with van der Waals surface area (Å²) in [5.41, 5.74) is 5.74. The van der Waals surface area contributed by atoms with E-state index in [2.05, 4.69) is 21.4 Å². The molecule has 1 aliphatic heterocycles. The Morgan fingerprint density at radius 3 is 2.50 bits per heavy atom. The molecule has 0 fully saturated rings. The molecule has 0 spiro atoms. The van der Waals surface area contributed by atoms with Crippen LogP contribution in [0.4, 0.5) is 0 Å². The Bertz CT molecular complexity index is 698. The van der Waals surface area contributed by atoms with Crippen molar-refractivity contribution < 1.29 is 44.8 Å². The van der Waals surface area contributed by atoms with Crippen LogP contribution in [-0.2, 0) is 0 Å². The van der Waals surface area contributed by atoms with Gasteiger partial charge < -0.3 is 40.3 Å². The molecule has 3 rings (SSSR count). The summed E-state index contributed by atoms with van der Waals surface area (Å²) < 4.78 is 5.62. The maximum atomic E-state index is 11.8. The van der Waals surface area contributed by atoms with Crippen molar-refractivity contribution in [3.8, 4) is 11.3 Å². The summed E-state index contributed by atoms with van der Waals surface area (Å²) in [5.74, 6) is 1.85. The van der Waals surface area contributed by atoms with Gasteiger partial charge >= 0.3 is 0 Å². The standard InChI is InChI=1S/C16H18N4O2.2ClH/c17-7-8-20-16(21)14-6-5-13(22-14)11-1-3-12(4-2-11)15-18-9-10-19-15;;/h1-6H,7-10,17H2,(H,18,19)(H,20,21);2*1H. The second kappa shape index (κ2) is 9.32. The minimum Gasteiger partial charge on any atom is -1.00 e. The molecule has 1 aromatic carbocycles. The molecule has 130 valence electrons. The highest BCUT2D eigenvalue weighted by Crippen LogP contribution is 2.22. The predicted octanol–water partition coefficient (Wildman–Crippen LogP) is -7.64. The molecule has 0 bridgehead atoms. The molecule has 1 amide bonds. The van der Waals surface area contributed by atoms with Crippen LogP contribution in [0.5, 0.6) is 0 Å². The first-order chi connectivity index (χ1) is 10.8. The van der Waals surface area contributed by atoms with Crippen molar-refractivity contribution in [1.82, 2.24) is 10.6 Å². The van der Waals surface area contributed by atoms with E-state index in [4.69, 9.17) is 4.42 Å². The molecule has 1 aromatic heterocycles. The molecule has 6 nitrogen and oxygen atoms in total. The van der Waals surface area contributed by atoms with Crippen LogP contribution in [0.15, 0.2) is 40.8 Å². The van der Waals surface area contributed by atoms with Gasteiger partial charge in [-0.05, 0) is 24.3 Å². The van der Waals surface area contributed by atoms with Crippen LogP contribution in [0.1, 0.15) is 16.1 Å². The van der Waals surface area contributed by atoms with Gasteiger partial charge in [0, 0.05) is 5.56 Å². The summed E-state index contributed by atoms with van der Waals surface area (Å²) in [4.78, 5) is 15.1. The third kappa shape index (κ3) is 4.50. The highest BCUT2D eigenvalue weighted by Gasteiger charge is 2.16. The molecule has 0 unspecified atom stereocenters. The maximum absolute atomic E-state index is 11.8. The Balaban J connectivity index is 0.00000144. The lowest BCUT2D eigenvalue weighted by Crippen LogP contribution is -3.00. The van der Waals surface area contributed by atoms with E-state index in [1.807, 2.05) is 30.3 Å². The summed E-state index contributed by atoms with van der Waals surface area (Å²) >= 11 is 0. The van der Waals surface area contributed by atoms with Crippen LogP contribution in [0.2, 0.25) is 0 Å². The fraction of sp³-hybridized carbons (Fsp3) is 0.250. The first-order valence-corrected chi connectivity index (χ1v) is 7.41. The Morgan fingerprint density at radius 1 is 1.17 bits per heavy atom. The number of hydrogen-bond acceptors (Lipinski definition) is 3. The van der Waals surface area contributed by atoms with E-state index >= 15 is 0 Å². The quantitative estimate of drug-likeness (QED) is 0.421. The van der Waals surface area contributed by atoms with Gasteiger partial charge in [0.1, 0.15) is 18.8 Å². The van der Waals surface area contributed by atoms with Gasteiger partial charge in [-0.1, -0.05) is 12.1 Å². The lowest BCUT2D eigenvalue weighted by Gasteiger charge is -2.01. The number of halogens is 2. The topological polar surface area (TPSA) is 95.9 Å². The maximum Gasteiger partial charge on any atom is 0.287 e. The second-order valence-corrected chi connectivity index (χ2v) is 5.08. The number of amidine groups is 1. The Kier molecular flexibility index (Phi) is 7.78. The van der Waals surface area contributed by atoms with Crippen molar-refractivity contribution in [2.75, 3.05) is 26.2 Å². The Hall–Kier alpha value is -2.02. The molecule has 24 heavy (non-hydrogen) atoms. The van der Waals surface area contributed by atoms with Crippen molar-refractivity contribution in [2.24, 2.45) is 0 Å². The molecule has 0 atom stereocenters. The van der Waals surface area contributed by atoms with E-state index in [0.29, 0.717) is 24.6 Å². The van der Waals surface area contributed by atoms with Gasteiger partial charge in [-0.15, -0.1) is 0 Å². The minimum atomic E-state index is -0.207. The summed E-state index contributed by atoms with van der Waals surface area (Å²) in [6.45, 7) is 3.09. The molecule has 6 N–H and O–H groups in total. The molecule has 0 aliphatic carbocycles. The Morgan fingerprint density at radius 2 is 1.88 bits per heavy atom. The van der Waals surface area contributed by atoms with Crippen molar-refractivity contribution in [1.29, 1.82) is 0 Å². The lowest BCUT2D eigenvalue weighted by molar-refractivity contribution is -0.444. The normalized spacial score (nSPS) is 12.5. The number of benzene rings is 1. The van der Waals surface area contributed by atoms with Crippen LogP contribution in [0, 0.1) is 0 Å². The molecule has 2 aromatic rings. The zero-order valence-corrected chi connectivity index (χ0v) is 14.6. The smallest absolute Gasteiger partial charge is 0.287 e. The summed E-state index contributed by atoms with van der Waals surface area (Å²) in [5, 5.41) is 6.04. The largest absolute Gasteiger partial charge is 1.00 e. The number of hydrogen-bond donors (Lipinski definition) is 4. The van der Waals surface area contributed by atoms with E-state index in [0.717, 1.165) is 30.1 Å². The number of nitrogens with one attached hydrogen (secondary N) is 3.